The van der Waals surface area contributed by atoms with Crippen LogP contribution in [0.4, 0.5) is 0 Å². The van der Waals surface area contributed by atoms with Crippen LogP contribution in [0.1, 0.15) is 370 Å². The number of aromatic nitrogens is 2. The summed E-state index contributed by atoms with van der Waals surface area (Å²) < 4.78 is 62.3. The standard InChI is InChI=1S/C97H152N2O14Si/c1-13-16-19-22-25-28-31-34-37-40-43-46-49-55-70-107-85-73-79(74-86(108-71-56-50-47-44-41-38-35-32-29-26-23-20-17-14-2)89(85)109-72-57-51-48-45-42-39-36-33-30-27-24-21-18-15-3)93(103)99-92(102)77(4)75-98(95(99)104)94-91(113-114(11,12)96(6,7)8)90(112-88(101)69-60-78(5)100)87(111-94)76-110-97(80-58-53-52-54-59-80,81-61-65-83(105-9)66-62-81)82-63-67-84(106-10)68-64-82/h52-54,58-59,61-68,73-75,87,90-91,94H,13-51,55-57,60,69-72,76H2,1-12H3/t87-,90?,91+,94-/m1/s1. The number of ether oxygens (including phenoxy) is 8. The van der Waals surface area contributed by atoms with Crippen molar-refractivity contribution in [1.29, 1.82) is 0 Å². The summed E-state index contributed by atoms with van der Waals surface area (Å²) in [6, 6.07) is 28.2. The molecule has 4 atom stereocenters. The Balaban J connectivity index is 1.38. The minimum atomic E-state index is -2.96. The number of carbonyl (C=O) groups is 3. The zero-order chi connectivity index (χ0) is 82.2. The lowest BCUT2D eigenvalue weighted by atomic mass is 9.80. The maximum absolute atomic E-state index is 16.0. The summed E-state index contributed by atoms with van der Waals surface area (Å²) in [6.45, 7) is 21.0. The first-order chi connectivity index (χ1) is 55.2. The maximum Gasteiger partial charge on any atom is 0.340 e. The molecule has 0 aliphatic carbocycles. The van der Waals surface area contributed by atoms with Gasteiger partial charge in [-0.05, 0) is 104 Å². The second kappa shape index (κ2) is 54.5. The number of ketones is 1. The molecule has 2 heterocycles. The van der Waals surface area contributed by atoms with Crippen molar-refractivity contribution in [3.8, 4) is 28.7 Å². The van der Waals surface area contributed by atoms with E-state index in [1.807, 2.05) is 78.9 Å². The van der Waals surface area contributed by atoms with Gasteiger partial charge in [-0.25, -0.2) is 4.79 Å². The lowest BCUT2D eigenvalue weighted by Crippen LogP contribution is -2.52. The molecule has 17 heteroatoms. The third kappa shape index (κ3) is 32.8. The van der Waals surface area contributed by atoms with Crippen molar-refractivity contribution in [1.82, 2.24) is 9.13 Å². The second-order valence-corrected chi connectivity index (χ2v) is 38.7. The van der Waals surface area contributed by atoms with E-state index in [0.29, 0.717) is 53.1 Å². The van der Waals surface area contributed by atoms with Crippen molar-refractivity contribution in [2.24, 2.45) is 0 Å². The van der Waals surface area contributed by atoms with Gasteiger partial charge in [0.25, 0.3) is 11.5 Å². The predicted molar refractivity (Wildman–Crippen MR) is 467 cm³/mol. The number of hydrogen-bond donors (Lipinski definition) is 0. The molecular formula is C97H152N2O14Si. The summed E-state index contributed by atoms with van der Waals surface area (Å²) in [4.78, 5) is 73.8. The number of rotatable bonds is 64. The quantitative estimate of drug-likeness (QED) is 0.0155. The molecule has 0 spiro atoms. The van der Waals surface area contributed by atoms with Crippen molar-refractivity contribution in [2.75, 3.05) is 40.6 Å². The molecule has 5 aromatic rings. The van der Waals surface area contributed by atoms with Gasteiger partial charge < -0.3 is 47.1 Å². The Bertz CT molecular complexity index is 3480. The molecule has 114 heavy (non-hydrogen) atoms. The van der Waals surface area contributed by atoms with Crippen molar-refractivity contribution >= 4 is 26.0 Å². The summed E-state index contributed by atoms with van der Waals surface area (Å²) in [7, 11) is 0.254. The number of esters is 1. The first kappa shape index (κ1) is 96.3. The van der Waals surface area contributed by atoms with Crippen molar-refractivity contribution in [3.05, 3.63) is 146 Å². The number of unbranched alkanes of at least 4 members (excludes halogenated alkanes) is 39. The van der Waals surface area contributed by atoms with E-state index in [0.717, 1.165) is 87.3 Å². The van der Waals surface area contributed by atoms with Gasteiger partial charge >= 0.3 is 11.7 Å². The predicted octanol–water partition coefficient (Wildman–Crippen LogP) is 25.2. The van der Waals surface area contributed by atoms with E-state index in [9.17, 15) is 9.59 Å². The number of aryl methyl sites for hydroxylation is 1. The van der Waals surface area contributed by atoms with Gasteiger partial charge in [0.15, 0.2) is 32.1 Å². The highest BCUT2D eigenvalue weighted by molar-refractivity contribution is 6.74. The van der Waals surface area contributed by atoms with E-state index in [1.54, 1.807) is 33.3 Å². The summed E-state index contributed by atoms with van der Waals surface area (Å²) in [5.41, 5.74) is -0.925. The maximum atomic E-state index is 16.0. The zero-order valence-corrected chi connectivity index (χ0v) is 74.1. The van der Waals surface area contributed by atoms with E-state index in [-0.39, 0.29) is 36.4 Å². The highest BCUT2D eigenvalue weighted by Gasteiger charge is 2.54. The number of hydrogen-bond acceptors (Lipinski definition) is 14. The Hall–Kier alpha value is -6.53. The molecule has 1 fully saturated rings. The number of benzene rings is 4. The van der Waals surface area contributed by atoms with E-state index in [4.69, 9.17) is 42.3 Å². The molecule has 1 aromatic heterocycles. The smallest absolute Gasteiger partial charge is 0.340 e. The molecule has 1 saturated heterocycles. The zero-order valence-electron chi connectivity index (χ0n) is 73.1. The fourth-order valence-corrected chi connectivity index (χ4v) is 16.6. The minimum Gasteiger partial charge on any atom is -0.497 e. The molecule has 1 unspecified atom stereocenters. The van der Waals surface area contributed by atoms with E-state index in [1.165, 1.54) is 217 Å². The molecule has 638 valence electrons. The third-order valence-electron chi connectivity index (χ3n) is 23.4. The monoisotopic (exact) mass is 1600 g/mol. The second-order valence-electron chi connectivity index (χ2n) is 34.0. The summed E-state index contributed by atoms with van der Waals surface area (Å²) in [5, 5.41) is -0.434. The van der Waals surface area contributed by atoms with Gasteiger partial charge in [0.05, 0.1) is 47.1 Å². The van der Waals surface area contributed by atoms with Crippen molar-refractivity contribution < 1.29 is 56.7 Å². The van der Waals surface area contributed by atoms with Crippen LogP contribution in [0.25, 0.3) is 0 Å². The van der Waals surface area contributed by atoms with Crippen LogP contribution in [0.15, 0.2) is 107 Å². The fourth-order valence-electron chi connectivity index (χ4n) is 15.3. The van der Waals surface area contributed by atoms with Gasteiger partial charge in [0, 0.05) is 23.7 Å². The largest absolute Gasteiger partial charge is 0.497 e. The topological polar surface area (TPSA) is 178 Å². The number of nitrogens with zero attached hydrogens (tertiary/aromatic N) is 2. The van der Waals surface area contributed by atoms with Crippen LogP contribution >= 0.6 is 0 Å². The van der Waals surface area contributed by atoms with Gasteiger partial charge in [-0.3, -0.25) is 19.0 Å². The normalized spacial score (nSPS) is 15.2. The van der Waals surface area contributed by atoms with E-state index in [2.05, 4.69) is 54.6 Å². The molecule has 0 N–H and O–H groups in total. The summed E-state index contributed by atoms with van der Waals surface area (Å²) >= 11 is 0. The number of carbonyl (C=O) groups excluding carboxylic acids is 3. The SMILES string of the molecule is CCCCCCCCCCCCCCCCOc1cc(C(=O)n2c(=O)c(C)cn([C@@H]3O[C@H](COC(c4ccccc4)(c4ccc(OC)cc4)c4ccc(OC)cc4)C(OC(=O)CCC(C)=O)[C@@H]3O[Si](C)(C)C(C)(C)C)c2=O)cc(OCCCCCCCCCCCCCCCC)c1OCCCCCCCCCCCCCCCC. The van der Waals surface area contributed by atoms with Crippen LogP contribution in [0.5, 0.6) is 28.7 Å². The molecule has 0 bridgehead atoms. The number of methoxy groups -OCH3 is 2. The van der Waals surface area contributed by atoms with Crippen LogP contribution in [0, 0.1) is 6.92 Å². The Morgan fingerprint density at radius 2 is 0.842 bits per heavy atom. The highest BCUT2D eigenvalue weighted by Crippen LogP contribution is 2.47. The van der Waals surface area contributed by atoms with Crippen molar-refractivity contribution in [3.63, 3.8) is 0 Å². The Morgan fingerprint density at radius 1 is 0.474 bits per heavy atom. The molecule has 16 nitrogen and oxygen atoms in total. The molecule has 4 aromatic carbocycles. The molecule has 0 radical (unpaired) electrons. The third-order valence-corrected chi connectivity index (χ3v) is 27.9. The molecule has 0 amide bonds. The highest BCUT2D eigenvalue weighted by atomic mass is 28.4. The van der Waals surface area contributed by atoms with Crippen LogP contribution in [-0.4, -0.2) is 94.1 Å². The van der Waals surface area contributed by atoms with Gasteiger partial charge in [-0.15, -0.1) is 0 Å². The molecule has 1 aliphatic rings. The Labute approximate surface area is 689 Å². The van der Waals surface area contributed by atoms with Crippen LogP contribution in [0.3, 0.4) is 0 Å². The van der Waals surface area contributed by atoms with Crippen LogP contribution in [-0.2, 0) is 33.8 Å². The van der Waals surface area contributed by atoms with E-state index >= 15 is 14.4 Å². The van der Waals surface area contributed by atoms with Crippen LogP contribution < -0.4 is 34.9 Å². The van der Waals surface area contributed by atoms with Gasteiger partial charge in [-0.1, -0.05) is 347 Å². The first-order valence-corrected chi connectivity index (χ1v) is 48.1. The summed E-state index contributed by atoms with van der Waals surface area (Å²) in [5.74, 6) is 0.508. The van der Waals surface area contributed by atoms with Crippen LogP contribution in [0.2, 0.25) is 18.1 Å². The Morgan fingerprint density at radius 3 is 1.21 bits per heavy atom. The average Bonchev–Trinajstić information content (AvgIpc) is 1.25. The lowest BCUT2D eigenvalue weighted by Gasteiger charge is -2.40. The molecular weight excluding hydrogens is 1450 g/mol. The first-order valence-electron chi connectivity index (χ1n) is 45.2. The molecule has 0 saturated carbocycles. The molecule has 1 aliphatic heterocycles. The fraction of sp³-hybridized carbons (Fsp3) is 0.680. The number of Topliss-reactive ketones (excluding diaryl/α,β-unsaturated/α-hetero) is 1. The average molecular weight is 1600 g/mol. The van der Waals surface area contributed by atoms with Crippen molar-refractivity contribution in [2.45, 2.75) is 386 Å². The molecule has 6 rings (SSSR count). The summed E-state index contributed by atoms with van der Waals surface area (Å²) in [6.07, 6.45) is 47.3. The van der Waals surface area contributed by atoms with E-state index < -0.39 is 66.6 Å². The Kier molecular flexibility index (Phi) is 46.0. The van der Waals surface area contributed by atoms with Gasteiger partial charge in [0.1, 0.15) is 35.1 Å². The lowest BCUT2D eigenvalue weighted by molar-refractivity contribution is -0.159. The van der Waals surface area contributed by atoms with Gasteiger partial charge in [0.2, 0.25) is 5.75 Å². The minimum absolute atomic E-state index is 0.00129. The van der Waals surface area contributed by atoms with Gasteiger partial charge in [-0.2, -0.15) is 4.57 Å².